The quantitative estimate of drug-likeness (QED) is 0.425. The molecule has 4 aliphatic rings. The molecule has 1 aromatic rings. The van der Waals surface area contributed by atoms with Gasteiger partial charge in [0.2, 0.25) is 11.8 Å². The fourth-order valence-corrected chi connectivity index (χ4v) is 6.87. The lowest BCUT2D eigenvalue weighted by atomic mass is 9.62. The maximum Gasteiger partial charge on any atom is 0.221 e. The first-order valence-corrected chi connectivity index (χ1v) is 14.3. The first-order chi connectivity index (χ1) is 18.1. The van der Waals surface area contributed by atoms with Crippen LogP contribution in [0.2, 0.25) is 0 Å². The van der Waals surface area contributed by atoms with Crippen LogP contribution in [0.25, 0.3) is 5.70 Å². The van der Waals surface area contributed by atoms with Gasteiger partial charge in [-0.15, -0.1) is 0 Å². The summed E-state index contributed by atoms with van der Waals surface area (Å²) in [5.41, 5.74) is 6.42. The van der Waals surface area contributed by atoms with Gasteiger partial charge in [0.15, 0.2) is 11.6 Å². The van der Waals surface area contributed by atoms with Crippen molar-refractivity contribution in [1.29, 1.82) is 0 Å². The third-order valence-electron chi connectivity index (χ3n) is 9.03. The highest BCUT2D eigenvalue weighted by molar-refractivity contribution is 6.17. The van der Waals surface area contributed by atoms with E-state index in [9.17, 15) is 9.59 Å². The molecule has 0 bridgehead atoms. The van der Waals surface area contributed by atoms with Crippen LogP contribution in [-0.4, -0.2) is 70.4 Å². The number of carbonyl (C=O) groups is 2. The summed E-state index contributed by atoms with van der Waals surface area (Å²) in [6, 6.07) is 2.03. The van der Waals surface area contributed by atoms with Crippen LogP contribution >= 0.6 is 0 Å². The number of ether oxygens (including phenoxy) is 2. The predicted octanol–water partition coefficient (Wildman–Crippen LogP) is 3.41. The Morgan fingerprint density at radius 3 is 2.58 bits per heavy atom. The van der Waals surface area contributed by atoms with Crippen LogP contribution in [0, 0.1) is 5.41 Å². The topological polar surface area (TPSA) is 120 Å². The fraction of sp³-hybridized carbons (Fsp3) is 0.724. The van der Waals surface area contributed by atoms with E-state index >= 15 is 0 Å². The molecule has 1 aromatic heterocycles. The minimum atomic E-state index is -0.924. The monoisotopic (exact) mass is 525 g/mol. The van der Waals surface area contributed by atoms with E-state index < -0.39 is 5.41 Å². The van der Waals surface area contributed by atoms with Crippen LogP contribution in [-0.2, 0) is 9.59 Å². The lowest BCUT2D eigenvalue weighted by molar-refractivity contribution is -0.143. The van der Waals surface area contributed by atoms with Crippen LogP contribution in [0.5, 0.6) is 11.8 Å². The lowest BCUT2D eigenvalue weighted by Gasteiger charge is -2.38. The molecule has 208 valence electrons. The highest BCUT2D eigenvalue weighted by Crippen LogP contribution is 2.45. The van der Waals surface area contributed by atoms with E-state index in [0.717, 1.165) is 45.1 Å². The Bertz CT molecular complexity index is 1110. The number of nitrogens with two attached hydrogens (primary N) is 1. The Labute approximate surface area is 225 Å². The third kappa shape index (κ3) is 5.32. The van der Waals surface area contributed by atoms with E-state index in [-0.39, 0.29) is 40.8 Å². The molecule has 4 fully saturated rings. The van der Waals surface area contributed by atoms with Crippen LogP contribution in [0.15, 0.2) is 11.6 Å². The SMILES string of the molecule is C[C@H](Oc1cc(OC2CNC(C)(C)C2)nc(/C(N)=C2\CCC[C@@]3(CCCCC3=O)C2=O)n1)[C@@H]1CCCN1C. The minimum Gasteiger partial charge on any atom is -0.473 e. The zero-order valence-corrected chi connectivity index (χ0v) is 23.3. The Morgan fingerprint density at radius 2 is 1.89 bits per heavy atom. The van der Waals surface area contributed by atoms with Crippen molar-refractivity contribution in [2.24, 2.45) is 11.1 Å². The smallest absolute Gasteiger partial charge is 0.221 e. The summed E-state index contributed by atoms with van der Waals surface area (Å²) in [7, 11) is 2.12. The van der Waals surface area contributed by atoms with Gasteiger partial charge in [0.25, 0.3) is 0 Å². The molecule has 0 aromatic carbocycles. The molecule has 2 saturated carbocycles. The van der Waals surface area contributed by atoms with Crippen molar-refractivity contribution >= 4 is 17.3 Å². The molecule has 0 amide bonds. The van der Waals surface area contributed by atoms with Crippen LogP contribution < -0.4 is 20.5 Å². The molecule has 1 spiro atoms. The Hall–Kier alpha value is -2.52. The van der Waals surface area contributed by atoms with Gasteiger partial charge in [0, 0.05) is 36.5 Å². The van der Waals surface area contributed by atoms with Gasteiger partial charge in [-0.1, -0.05) is 6.42 Å². The molecule has 4 atom stereocenters. The van der Waals surface area contributed by atoms with Crippen molar-refractivity contribution in [2.75, 3.05) is 20.1 Å². The van der Waals surface area contributed by atoms with Crippen molar-refractivity contribution < 1.29 is 19.1 Å². The molecule has 2 aliphatic heterocycles. The van der Waals surface area contributed by atoms with Crippen LogP contribution in [0.3, 0.4) is 0 Å². The number of nitrogens with one attached hydrogen (secondary N) is 1. The lowest BCUT2D eigenvalue weighted by Crippen LogP contribution is -2.45. The van der Waals surface area contributed by atoms with Crippen molar-refractivity contribution in [3.63, 3.8) is 0 Å². The van der Waals surface area contributed by atoms with Crippen molar-refractivity contribution in [2.45, 2.75) is 109 Å². The van der Waals surface area contributed by atoms with Gasteiger partial charge in [-0.3, -0.25) is 14.5 Å². The van der Waals surface area contributed by atoms with Gasteiger partial charge in [-0.2, -0.15) is 9.97 Å². The van der Waals surface area contributed by atoms with Gasteiger partial charge in [0.1, 0.15) is 18.0 Å². The number of hydrogen-bond acceptors (Lipinski definition) is 9. The molecule has 9 heteroatoms. The molecule has 2 aliphatic carbocycles. The van der Waals surface area contributed by atoms with E-state index in [1.165, 1.54) is 0 Å². The summed E-state index contributed by atoms with van der Waals surface area (Å²) >= 11 is 0. The second-order valence-corrected chi connectivity index (χ2v) is 12.4. The van der Waals surface area contributed by atoms with E-state index in [2.05, 4.69) is 48.0 Å². The molecular weight excluding hydrogens is 482 g/mol. The minimum absolute atomic E-state index is 0.0161. The Morgan fingerprint density at radius 1 is 1.13 bits per heavy atom. The number of allylic oxidation sites excluding steroid dienone is 1. The molecule has 9 nitrogen and oxygen atoms in total. The number of Topliss-reactive ketones (excluding diaryl/α,β-unsaturated/α-hetero) is 2. The maximum atomic E-state index is 13.7. The standard InChI is InChI=1S/C29H43N5O4/c1-18(21-10-8-14-34(21)4)37-23-15-24(38-19-16-28(2,3)31-17-19)33-27(32-23)25(30)20-9-7-13-29(26(20)36)12-6-5-11-22(29)35/h15,18-19,21,31H,5-14,16-17,30H2,1-4H3/b25-20-/t18-,19?,21-,29+/m0/s1. The Kier molecular flexibility index (Phi) is 7.52. The molecule has 2 saturated heterocycles. The van der Waals surface area contributed by atoms with Crippen molar-refractivity contribution in [3.05, 3.63) is 17.5 Å². The molecule has 3 N–H and O–H groups in total. The number of nitrogens with zero attached hydrogens (tertiary/aromatic N) is 3. The van der Waals surface area contributed by atoms with E-state index in [0.29, 0.717) is 55.6 Å². The molecular formula is C29H43N5O4. The van der Waals surface area contributed by atoms with Gasteiger partial charge in [0.05, 0.1) is 17.2 Å². The average molecular weight is 526 g/mol. The van der Waals surface area contributed by atoms with Crippen molar-refractivity contribution in [3.8, 4) is 11.8 Å². The zero-order valence-electron chi connectivity index (χ0n) is 23.3. The first-order valence-electron chi connectivity index (χ1n) is 14.3. The average Bonchev–Trinajstić information content (AvgIpc) is 3.46. The van der Waals surface area contributed by atoms with Gasteiger partial charge in [-0.05, 0) is 79.3 Å². The number of ketones is 2. The number of aromatic nitrogens is 2. The second kappa shape index (κ2) is 10.6. The molecule has 1 unspecified atom stereocenters. The number of likely N-dealkylation sites (tertiary alicyclic amines) is 1. The maximum absolute atomic E-state index is 13.7. The zero-order chi connectivity index (χ0) is 27.1. The fourth-order valence-electron chi connectivity index (χ4n) is 6.87. The molecule has 0 radical (unpaired) electrons. The summed E-state index contributed by atoms with van der Waals surface area (Å²) in [6.45, 7) is 8.12. The molecule has 5 rings (SSSR count). The number of hydrogen-bond donors (Lipinski definition) is 2. The van der Waals surface area contributed by atoms with Crippen LogP contribution in [0.1, 0.15) is 90.8 Å². The van der Waals surface area contributed by atoms with E-state index in [1.54, 1.807) is 6.07 Å². The number of carbonyl (C=O) groups excluding carboxylic acids is 2. The predicted molar refractivity (Wildman–Crippen MR) is 145 cm³/mol. The summed E-state index contributed by atoms with van der Waals surface area (Å²) in [5.74, 6) is 0.936. The highest BCUT2D eigenvalue weighted by Gasteiger charge is 2.49. The van der Waals surface area contributed by atoms with Gasteiger partial charge < -0.3 is 20.5 Å². The summed E-state index contributed by atoms with van der Waals surface area (Å²) in [4.78, 5) is 38.3. The van der Waals surface area contributed by atoms with Gasteiger partial charge >= 0.3 is 0 Å². The largest absolute Gasteiger partial charge is 0.473 e. The summed E-state index contributed by atoms with van der Waals surface area (Å²) in [5, 5.41) is 3.47. The molecule has 3 heterocycles. The molecule has 38 heavy (non-hydrogen) atoms. The van der Waals surface area contributed by atoms with Crippen molar-refractivity contribution in [1.82, 2.24) is 20.2 Å². The second-order valence-electron chi connectivity index (χ2n) is 12.4. The summed E-state index contributed by atoms with van der Waals surface area (Å²) in [6.07, 6.45) is 7.62. The van der Waals surface area contributed by atoms with Crippen LogP contribution in [0.4, 0.5) is 0 Å². The van der Waals surface area contributed by atoms with Gasteiger partial charge in [-0.25, -0.2) is 0 Å². The normalized spacial score (nSPS) is 32.0. The third-order valence-corrected chi connectivity index (χ3v) is 9.03. The van der Waals surface area contributed by atoms with E-state index in [4.69, 9.17) is 15.2 Å². The number of likely N-dealkylation sites (N-methyl/N-ethyl adjacent to an activating group) is 1. The Balaban J connectivity index is 1.47. The number of rotatable bonds is 6. The highest BCUT2D eigenvalue weighted by atomic mass is 16.5. The van der Waals surface area contributed by atoms with E-state index in [1.807, 2.05) is 0 Å². The summed E-state index contributed by atoms with van der Waals surface area (Å²) < 4.78 is 12.6. The first kappa shape index (κ1) is 27.1.